The van der Waals surface area contributed by atoms with Gasteiger partial charge in [-0.2, -0.15) is 0 Å². The number of hydrogen-bond acceptors (Lipinski definition) is 3. The molecule has 1 saturated heterocycles. The van der Waals surface area contributed by atoms with Crippen molar-refractivity contribution in [2.24, 2.45) is 5.92 Å². The summed E-state index contributed by atoms with van der Waals surface area (Å²) in [6, 6.07) is 2.10. The molecule has 3 rings (SSSR count). The fraction of sp³-hybridized carbons (Fsp3) is 0.733. The minimum Gasteiger partial charge on any atom is -0.303 e. The Morgan fingerprint density at radius 2 is 2.06 bits per heavy atom. The van der Waals surface area contributed by atoms with Crippen LogP contribution in [0.3, 0.4) is 0 Å². The van der Waals surface area contributed by atoms with Crippen LogP contribution >= 0.6 is 0 Å². The van der Waals surface area contributed by atoms with E-state index in [4.69, 9.17) is 0 Å². The second kappa shape index (κ2) is 4.61. The van der Waals surface area contributed by atoms with Crippen LogP contribution < -0.4 is 0 Å². The van der Waals surface area contributed by atoms with Gasteiger partial charge in [-0.1, -0.05) is 6.92 Å². The lowest BCUT2D eigenvalue weighted by Crippen LogP contribution is -2.42. The molecule has 1 aliphatic heterocycles. The first-order chi connectivity index (χ1) is 8.66. The molecule has 0 atom stereocenters. The molecular formula is C15H23N3. The summed E-state index contributed by atoms with van der Waals surface area (Å²) in [4.78, 5) is 11.5. The second-order valence-electron chi connectivity index (χ2n) is 6.29. The molecule has 1 saturated carbocycles. The monoisotopic (exact) mass is 245 g/mol. The molecule has 2 fully saturated rings. The standard InChI is InChI=1S/C15H23N3/c1-12-16-8-5-14(17-12)15(2)6-9-18(10-7-15)11-13-3-4-13/h5,8,13H,3-4,6-7,9-11H2,1-2H3. The average Bonchev–Trinajstić information content (AvgIpc) is 3.16. The molecule has 0 unspecified atom stereocenters. The Hall–Kier alpha value is -0.960. The number of piperidine rings is 1. The number of likely N-dealkylation sites (tertiary alicyclic amines) is 1. The first-order valence-electron chi connectivity index (χ1n) is 7.18. The van der Waals surface area contributed by atoms with Gasteiger partial charge in [-0.3, -0.25) is 0 Å². The summed E-state index contributed by atoms with van der Waals surface area (Å²) in [7, 11) is 0. The van der Waals surface area contributed by atoms with Crippen LogP contribution in [0, 0.1) is 12.8 Å². The Kier molecular flexibility index (Phi) is 3.10. The van der Waals surface area contributed by atoms with Crippen LogP contribution in [-0.2, 0) is 5.41 Å². The summed E-state index contributed by atoms with van der Waals surface area (Å²) in [5.74, 6) is 1.91. The SMILES string of the molecule is Cc1nccc(C2(C)CCN(CC3CC3)CC2)n1. The summed E-state index contributed by atoms with van der Waals surface area (Å²) >= 11 is 0. The van der Waals surface area contributed by atoms with E-state index >= 15 is 0 Å². The highest BCUT2D eigenvalue weighted by Gasteiger charge is 2.34. The van der Waals surface area contributed by atoms with E-state index in [9.17, 15) is 0 Å². The third-order valence-corrected chi connectivity index (χ3v) is 4.57. The van der Waals surface area contributed by atoms with Crippen molar-refractivity contribution in [2.75, 3.05) is 19.6 Å². The van der Waals surface area contributed by atoms with Gasteiger partial charge in [0.05, 0.1) is 5.69 Å². The van der Waals surface area contributed by atoms with Gasteiger partial charge in [0.2, 0.25) is 0 Å². The summed E-state index contributed by atoms with van der Waals surface area (Å²) < 4.78 is 0. The topological polar surface area (TPSA) is 29.0 Å². The Morgan fingerprint density at radius 3 is 2.67 bits per heavy atom. The molecule has 0 amide bonds. The molecule has 2 aliphatic rings. The van der Waals surface area contributed by atoms with Gasteiger partial charge in [-0.05, 0) is 57.7 Å². The fourth-order valence-electron chi connectivity index (χ4n) is 2.94. The average molecular weight is 245 g/mol. The van der Waals surface area contributed by atoms with Crippen LogP contribution in [0.5, 0.6) is 0 Å². The predicted molar refractivity (Wildman–Crippen MR) is 72.5 cm³/mol. The molecule has 0 radical (unpaired) electrons. The number of aryl methyl sites for hydroxylation is 1. The smallest absolute Gasteiger partial charge is 0.125 e. The first kappa shape index (κ1) is 12.1. The highest BCUT2D eigenvalue weighted by Crippen LogP contribution is 2.36. The fourth-order valence-corrected chi connectivity index (χ4v) is 2.94. The zero-order chi connectivity index (χ0) is 12.6. The molecule has 98 valence electrons. The molecule has 3 heteroatoms. The van der Waals surface area contributed by atoms with E-state index in [-0.39, 0.29) is 5.41 Å². The van der Waals surface area contributed by atoms with Crippen molar-refractivity contribution in [3.63, 3.8) is 0 Å². The van der Waals surface area contributed by atoms with Crippen molar-refractivity contribution < 1.29 is 0 Å². The molecule has 2 heterocycles. The summed E-state index contributed by atoms with van der Waals surface area (Å²) in [6.45, 7) is 8.14. The molecule has 0 bridgehead atoms. The highest BCUT2D eigenvalue weighted by molar-refractivity contribution is 5.16. The molecule has 0 spiro atoms. The molecule has 0 N–H and O–H groups in total. The molecular weight excluding hydrogens is 222 g/mol. The summed E-state index contributed by atoms with van der Waals surface area (Å²) in [5, 5.41) is 0. The molecule has 18 heavy (non-hydrogen) atoms. The normalized spacial score (nSPS) is 24.1. The van der Waals surface area contributed by atoms with Crippen LogP contribution in [0.15, 0.2) is 12.3 Å². The number of aromatic nitrogens is 2. The molecule has 1 aliphatic carbocycles. The maximum atomic E-state index is 4.64. The maximum absolute atomic E-state index is 4.64. The van der Waals surface area contributed by atoms with E-state index in [2.05, 4.69) is 27.9 Å². The Balaban J connectivity index is 1.65. The predicted octanol–water partition coefficient (Wildman–Crippen LogP) is 2.55. The zero-order valence-electron chi connectivity index (χ0n) is 11.5. The molecule has 3 nitrogen and oxygen atoms in total. The van der Waals surface area contributed by atoms with Gasteiger partial charge in [0, 0.05) is 18.2 Å². The van der Waals surface area contributed by atoms with Crippen LogP contribution in [0.25, 0.3) is 0 Å². The third-order valence-electron chi connectivity index (χ3n) is 4.57. The lowest BCUT2D eigenvalue weighted by molar-refractivity contribution is 0.160. The van der Waals surface area contributed by atoms with E-state index in [1.807, 2.05) is 13.1 Å². The minimum absolute atomic E-state index is 0.258. The van der Waals surface area contributed by atoms with Gasteiger partial charge >= 0.3 is 0 Å². The third kappa shape index (κ3) is 2.56. The van der Waals surface area contributed by atoms with Gasteiger partial charge in [0.25, 0.3) is 0 Å². The number of hydrogen-bond donors (Lipinski definition) is 0. The lowest BCUT2D eigenvalue weighted by atomic mass is 9.77. The van der Waals surface area contributed by atoms with Crippen molar-refractivity contribution >= 4 is 0 Å². The van der Waals surface area contributed by atoms with Crippen LogP contribution in [-0.4, -0.2) is 34.5 Å². The van der Waals surface area contributed by atoms with Crippen LogP contribution in [0.1, 0.15) is 44.1 Å². The van der Waals surface area contributed by atoms with Crippen LogP contribution in [0.4, 0.5) is 0 Å². The van der Waals surface area contributed by atoms with E-state index < -0.39 is 0 Å². The van der Waals surface area contributed by atoms with E-state index in [1.54, 1.807) is 0 Å². The second-order valence-corrected chi connectivity index (χ2v) is 6.29. The molecule has 1 aromatic heterocycles. The lowest BCUT2D eigenvalue weighted by Gasteiger charge is -2.39. The minimum atomic E-state index is 0.258. The molecule has 0 aromatic carbocycles. The quantitative estimate of drug-likeness (QED) is 0.819. The van der Waals surface area contributed by atoms with E-state index in [0.717, 1.165) is 11.7 Å². The van der Waals surface area contributed by atoms with Gasteiger partial charge < -0.3 is 4.90 Å². The van der Waals surface area contributed by atoms with Gasteiger partial charge in [0.1, 0.15) is 5.82 Å². The Labute approximate surface area is 110 Å². The van der Waals surface area contributed by atoms with Crippen molar-refractivity contribution in [2.45, 2.75) is 44.9 Å². The van der Waals surface area contributed by atoms with Gasteiger partial charge in [-0.15, -0.1) is 0 Å². The maximum Gasteiger partial charge on any atom is 0.125 e. The Bertz CT molecular complexity index is 418. The number of nitrogens with zero attached hydrogens (tertiary/aromatic N) is 3. The summed E-state index contributed by atoms with van der Waals surface area (Å²) in [5.41, 5.74) is 1.49. The van der Waals surface area contributed by atoms with Crippen molar-refractivity contribution in [1.82, 2.24) is 14.9 Å². The van der Waals surface area contributed by atoms with E-state index in [1.165, 1.54) is 51.0 Å². The highest BCUT2D eigenvalue weighted by atomic mass is 15.1. The summed E-state index contributed by atoms with van der Waals surface area (Å²) in [6.07, 6.45) is 7.28. The van der Waals surface area contributed by atoms with Crippen molar-refractivity contribution in [3.8, 4) is 0 Å². The largest absolute Gasteiger partial charge is 0.303 e. The van der Waals surface area contributed by atoms with E-state index in [0.29, 0.717) is 0 Å². The first-order valence-corrected chi connectivity index (χ1v) is 7.18. The van der Waals surface area contributed by atoms with Crippen molar-refractivity contribution in [1.29, 1.82) is 0 Å². The van der Waals surface area contributed by atoms with Crippen LogP contribution in [0.2, 0.25) is 0 Å². The zero-order valence-corrected chi connectivity index (χ0v) is 11.5. The Morgan fingerprint density at radius 1 is 1.33 bits per heavy atom. The number of rotatable bonds is 3. The molecule has 1 aromatic rings. The van der Waals surface area contributed by atoms with Crippen molar-refractivity contribution in [3.05, 3.63) is 23.8 Å². The van der Waals surface area contributed by atoms with Gasteiger partial charge in [0.15, 0.2) is 0 Å². The van der Waals surface area contributed by atoms with Gasteiger partial charge in [-0.25, -0.2) is 9.97 Å².